The fourth-order valence-corrected chi connectivity index (χ4v) is 2.40. The number of hydrogen-bond donors (Lipinski definition) is 2. The van der Waals surface area contributed by atoms with Gasteiger partial charge in [0, 0.05) is 12.8 Å². The number of nitrogens with two attached hydrogens (primary N) is 1. The Morgan fingerprint density at radius 1 is 1.29 bits per heavy atom. The molecule has 1 aliphatic rings. The Labute approximate surface area is 83.5 Å². The summed E-state index contributed by atoms with van der Waals surface area (Å²) in [5.41, 5.74) is 3.65. The highest BCUT2D eigenvalue weighted by Crippen LogP contribution is 2.47. The summed E-state index contributed by atoms with van der Waals surface area (Å²) in [7, 11) is 0. The molecule has 0 amide bonds. The van der Waals surface area contributed by atoms with E-state index in [1.54, 1.807) is 13.8 Å². The zero-order valence-electron chi connectivity index (χ0n) is 8.82. The van der Waals surface area contributed by atoms with Crippen LogP contribution in [-0.4, -0.2) is 22.2 Å². The van der Waals surface area contributed by atoms with Crippen molar-refractivity contribution in [3.05, 3.63) is 0 Å². The van der Waals surface area contributed by atoms with Crippen molar-refractivity contribution in [3.8, 4) is 0 Å². The largest absolute Gasteiger partial charge is 0.388 e. The van der Waals surface area contributed by atoms with Crippen LogP contribution in [0.3, 0.4) is 0 Å². The van der Waals surface area contributed by atoms with E-state index in [1.807, 2.05) is 0 Å². The Hall–Kier alpha value is -0.220. The molecule has 84 valence electrons. The smallest absolute Gasteiger partial charge is 0.250 e. The van der Waals surface area contributed by atoms with Crippen molar-refractivity contribution in [3.63, 3.8) is 0 Å². The highest BCUT2D eigenvalue weighted by Gasteiger charge is 2.56. The van der Waals surface area contributed by atoms with Crippen molar-refractivity contribution in [1.29, 1.82) is 0 Å². The van der Waals surface area contributed by atoms with Gasteiger partial charge in [0.1, 0.15) is 0 Å². The monoisotopic (exact) mass is 207 g/mol. The molecule has 1 rings (SSSR count). The zero-order valence-corrected chi connectivity index (χ0v) is 8.82. The van der Waals surface area contributed by atoms with Crippen molar-refractivity contribution in [1.82, 2.24) is 0 Å². The lowest BCUT2D eigenvalue weighted by Crippen LogP contribution is -2.59. The average molecular weight is 207 g/mol. The summed E-state index contributed by atoms with van der Waals surface area (Å²) < 4.78 is 26.1. The molecule has 0 heterocycles. The molecule has 0 spiro atoms. The molecule has 0 radical (unpaired) electrons. The summed E-state index contributed by atoms with van der Waals surface area (Å²) in [6, 6.07) is 0. The quantitative estimate of drug-likeness (QED) is 0.744. The third-order valence-electron chi connectivity index (χ3n) is 3.61. The van der Waals surface area contributed by atoms with E-state index in [0.29, 0.717) is 12.8 Å². The van der Waals surface area contributed by atoms with Crippen LogP contribution in [0.4, 0.5) is 8.78 Å². The van der Waals surface area contributed by atoms with Crippen LogP contribution in [0.25, 0.3) is 0 Å². The van der Waals surface area contributed by atoms with Crippen LogP contribution in [-0.2, 0) is 0 Å². The van der Waals surface area contributed by atoms with Gasteiger partial charge in [-0.25, -0.2) is 8.78 Å². The van der Waals surface area contributed by atoms with E-state index in [1.165, 1.54) is 0 Å². The van der Waals surface area contributed by atoms with Gasteiger partial charge in [0.05, 0.1) is 11.1 Å². The Kier molecular flexibility index (Phi) is 2.89. The van der Waals surface area contributed by atoms with Gasteiger partial charge in [-0.1, -0.05) is 13.8 Å². The van der Waals surface area contributed by atoms with Crippen LogP contribution in [0.5, 0.6) is 0 Å². The summed E-state index contributed by atoms with van der Waals surface area (Å²) in [5, 5.41) is 10.2. The minimum atomic E-state index is -2.70. The molecule has 14 heavy (non-hydrogen) atoms. The maximum atomic E-state index is 13.1. The SMILES string of the molecule is CCC(O)(CC)C1(N)CCC(F)(F)C1. The van der Waals surface area contributed by atoms with Gasteiger partial charge < -0.3 is 10.8 Å². The third-order valence-corrected chi connectivity index (χ3v) is 3.61. The van der Waals surface area contributed by atoms with Crippen molar-refractivity contribution in [2.75, 3.05) is 0 Å². The number of rotatable bonds is 3. The van der Waals surface area contributed by atoms with E-state index in [9.17, 15) is 13.9 Å². The molecular weight excluding hydrogens is 188 g/mol. The molecule has 1 aliphatic carbocycles. The van der Waals surface area contributed by atoms with E-state index in [0.717, 1.165) is 0 Å². The Bertz CT molecular complexity index is 216. The Morgan fingerprint density at radius 3 is 2.07 bits per heavy atom. The summed E-state index contributed by atoms with van der Waals surface area (Å²) in [6.07, 6.45) is 0.467. The topological polar surface area (TPSA) is 46.2 Å². The molecular formula is C10H19F2NO. The predicted octanol–water partition coefficient (Wildman–Crippen LogP) is 2.05. The van der Waals surface area contributed by atoms with E-state index in [2.05, 4.69) is 0 Å². The third kappa shape index (κ3) is 1.77. The molecule has 2 nitrogen and oxygen atoms in total. The standard InChI is InChI=1S/C10H19F2NO/c1-3-9(14,4-2)8(13)5-6-10(11,12)7-8/h14H,3-7,13H2,1-2H3. The van der Waals surface area contributed by atoms with Gasteiger partial charge in [-0.2, -0.15) is 0 Å². The molecule has 4 heteroatoms. The average Bonchev–Trinajstić information content (AvgIpc) is 2.40. The van der Waals surface area contributed by atoms with Crippen molar-refractivity contribution < 1.29 is 13.9 Å². The summed E-state index contributed by atoms with van der Waals surface area (Å²) in [4.78, 5) is 0. The van der Waals surface area contributed by atoms with Gasteiger partial charge in [-0.05, 0) is 19.3 Å². The first-order valence-corrected chi connectivity index (χ1v) is 5.18. The highest BCUT2D eigenvalue weighted by atomic mass is 19.3. The van der Waals surface area contributed by atoms with E-state index in [-0.39, 0.29) is 12.8 Å². The van der Waals surface area contributed by atoms with Crippen LogP contribution in [0.1, 0.15) is 46.0 Å². The molecule has 1 unspecified atom stereocenters. The molecule has 1 fully saturated rings. The van der Waals surface area contributed by atoms with Gasteiger partial charge in [0.15, 0.2) is 0 Å². The molecule has 0 bridgehead atoms. The second-order valence-electron chi connectivity index (χ2n) is 4.43. The molecule has 0 aliphatic heterocycles. The van der Waals surface area contributed by atoms with E-state index in [4.69, 9.17) is 5.73 Å². The van der Waals surface area contributed by atoms with Gasteiger partial charge in [0.25, 0.3) is 0 Å². The van der Waals surface area contributed by atoms with Crippen molar-refractivity contribution in [2.24, 2.45) is 5.73 Å². The van der Waals surface area contributed by atoms with Crippen LogP contribution < -0.4 is 5.73 Å². The molecule has 0 aromatic carbocycles. The van der Waals surface area contributed by atoms with Gasteiger partial charge in [0.2, 0.25) is 5.92 Å². The molecule has 0 aromatic rings. The van der Waals surface area contributed by atoms with Crippen LogP contribution in [0, 0.1) is 0 Å². The second-order valence-corrected chi connectivity index (χ2v) is 4.43. The maximum Gasteiger partial charge on any atom is 0.250 e. The van der Waals surface area contributed by atoms with E-state index < -0.39 is 23.5 Å². The fourth-order valence-electron chi connectivity index (χ4n) is 2.40. The van der Waals surface area contributed by atoms with Crippen molar-refractivity contribution >= 4 is 0 Å². The first-order chi connectivity index (χ1) is 6.29. The first kappa shape index (κ1) is 11.9. The summed E-state index contributed by atoms with van der Waals surface area (Å²) in [6.45, 7) is 3.57. The maximum absolute atomic E-state index is 13.1. The lowest BCUT2D eigenvalue weighted by Gasteiger charge is -2.41. The zero-order chi connectivity index (χ0) is 11.0. The van der Waals surface area contributed by atoms with Crippen molar-refractivity contribution in [2.45, 2.75) is 63.0 Å². The first-order valence-electron chi connectivity index (χ1n) is 5.18. The minimum absolute atomic E-state index is 0.203. The molecule has 3 N–H and O–H groups in total. The number of hydrogen-bond acceptors (Lipinski definition) is 2. The van der Waals surface area contributed by atoms with Gasteiger partial charge in [-0.15, -0.1) is 0 Å². The summed E-state index contributed by atoms with van der Waals surface area (Å²) in [5.74, 6) is -2.70. The Balaban J connectivity index is 2.86. The lowest BCUT2D eigenvalue weighted by molar-refractivity contribution is -0.0632. The predicted molar refractivity (Wildman–Crippen MR) is 51.2 cm³/mol. The number of alkyl halides is 2. The normalized spacial score (nSPS) is 32.1. The van der Waals surface area contributed by atoms with Crippen LogP contribution in [0.15, 0.2) is 0 Å². The van der Waals surface area contributed by atoms with Gasteiger partial charge in [-0.3, -0.25) is 0 Å². The fraction of sp³-hybridized carbons (Fsp3) is 1.00. The number of aliphatic hydroxyl groups is 1. The number of halogens is 2. The van der Waals surface area contributed by atoms with Crippen LogP contribution >= 0.6 is 0 Å². The Morgan fingerprint density at radius 2 is 1.79 bits per heavy atom. The molecule has 1 atom stereocenters. The minimum Gasteiger partial charge on any atom is -0.388 e. The van der Waals surface area contributed by atoms with Crippen LogP contribution in [0.2, 0.25) is 0 Å². The highest BCUT2D eigenvalue weighted by molar-refractivity contribution is 5.09. The molecule has 0 aromatic heterocycles. The molecule has 0 saturated heterocycles. The van der Waals surface area contributed by atoms with Gasteiger partial charge >= 0.3 is 0 Å². The summed E-state index contributed by atoms with van der Waals surface area (Å²) >= 11 is 0. The lowest BCUT2D eigenvalue weighted by atomic mass is 9.75. The molecule has 1 saturated carbocycles. The second kappa shape index (κ2) is 3.42. The van der Waals surface area contributed by atoms with E-state index >= 15 is 0 Å².